The monoisotopic (exact) mass is 278 g/mol. The van der Waals surface area contributed by atoms with Gasteiger partial charge in [-0.25, -0.2) is 8.42 Å². The maximum atomic E-state index is 11.9. The van der Waals surface area contributed by atoms with E-state index < -0.39 is 9.84 Å². The fourth-order valence-corrected chi connectivity index (χ4v) is 5.30. The van der Waals surface area contributed by atoms with Crippen molar-refractivity contribution in [1.29, 1.82) is 0 Å². The van der Waals surface area contributed by atoms with Crippen LogP contribution in [-0.2, 0) is 9.84 Å². The second-order valence-electron chi connectivity index (χ2n) is 6.24. The summed E-state index contributed by atoms with van der Waals surface area (Å²) < 4.78 is 23.8. The van der Waals surface area contributed by atoms with E-state index in [0.29, 0.717) is 17.6 Å². The van der Waals surface area contributed by atoms with Crippen LogP contribution in [0, 0.1) is 17.3 Å². The first kappa shape index (κ1) is 13.7. The molecule has 2 saturated carbocycles. The zero-order chi connectivity index (χ0) is 12.7. The molecule has 2 bridgehead atoms. The Morgan fingerprint density at radius 1 is 1.35 bits per heavy atom. The van der Waals surface area contributed by atoms with Gasteiger partial charge in [0.05, 0.1) is 11.0 Å². The van der Waals surface area contributed by atoms with E-state index in [-0.39, 0.29) is 10.7 Å². The van der Waals surface area contributed by atoms with Gasteiger partial charge in [-0.05, 0) is 56.8 Å². The van der Waals surface area contributed by atoms with E-state index in [9.17, 15) is 8.42 Å². The highest BCUT2D eigenvalue weighted by molar-refractivity contribution is 7.91. The number of fused-ring (bicyclic) bond motifs is 2. The summed E-state index contributed by atoms with van der Waals surface area (Å²) in [5, 5.41) is -0.256. The van der Waals surface area contributed by atoms with Crippen molar-refractivity contribution < 1.29 is 8.42 Å². The van der Waals surface area contributed by atoms with E-state index in [1.165, 1.54) is 19.3 Å². The van der Waals surface area contributed by atoms with Crippen molar-refractivity contribution in [2.75, 3.05) is 11.6 Å². The molecule has 0 spiro atoms. The molecule has 2 nitrogen and oxygen atoms in total. The van der Waals surface area contributed by atoms with Crippen molar-refractivity contribution in [3.63, 3.8) is 0 Å². The third kappa shape index (κ3) is 2.51. The van der Waals surface area contributed by atoms with Gasteiger partial charge in [0, 0.05) is 5.88 Å². The SMILES string of the molecule is CC(C)S(=O)(=O)CCC1(CCl)CC2CCC1C2. The van der Waals surface area contributed by atoms with Crippen LogP contribution in [0.3, 0.4) is 0 Å². The molecule has 0 radical (unpaired) electrons. The van der Waals surface area contributed by atoms with E-state index in [0.717, 1.165) is 18.8 Å². The first-order valence-corrected chi connectivity index (χ1v) is 8.92. The molecule has 0 aromatic carbocycles. The lowest BCUT2D eigenvalue weighted by molar-refractivity contribution is 0.187. The summed E-state index contributed by atoms with van der Waals surface area (Å²) in [5.41, 5.74) is 0.131. The summed E-state index contributed by atoms with van der Waals surface area (Å²) in [6.45, 7) is 3.53. The average Bonchev–Trinajstić information content (AvgIpc) is 2.86. The normalized spacial score (nSPS) is 36.9. The topological polar surface area (TPSA) is 34.1 Å². The lowest BCUT2D eigenvalue weighted by Crippen LogP contribution is -2.33. The molecule has 2 rings (SSSR count). The molecule has 0 aliphatic heterocycles. The summed E-state index contributed by atoms with van der Waals surface area (Å²) in [5.74, 6) is 2.47. The van der Waals surface area contributed by atoms with Crippen LogP contribution in [0.2, 0.25) is 0 Å². The Morgan fingerprint density at radius 3 is 2.47 bits per heavy atom. The van der Waals surface area contributed by atoms with Gasteiger partial charge in [0.1, 0.15) is 0 Å². The van der Waals surface area contributed by atoms with Gasteiger partial charge >= 0.3 is 0 Å². The highest BCUT2D eigenvalue weighted by Gasteiger charge is 2.50. The van der Waals surface area contributed by atoms with Crippen molar-refractivity contribution in [3.05, 3.63) is 0 Å². The molecule has 0 N–H and O–H groups in total. The number of alkyl halides is 1. The third-order valence-corrected chi connectivity index (χ3v) is 7.71. The van der Waals surface area contributed by atoms with Gasteiger partial charge in [0.2, 0.25) is 0 Å². The van der Waals surface area contributed by atoms with Gasteiger partial charge in [-0.3, -0.25) is 0 Å². The quantitative estimate of drug-likeness (QED) is 0.724. The van der Waals surface area contributed by atoms with Crippen molar-refractivity contribution in [3.8, 4) is 0 Å². The largest absolute Gasteiger partial charge is 0.229 e. The molecular weight excluding hydrogens is 256 g/mol. The summed E-state index contributed by atoms with van der Waals surface area (Å²) in [6, 6.07) is 0. The number of halogens is 1. The van der Waals surface area contributed by atoms with Crippen LogP contribution in [0.1, 0.15) is 46.0 Å². The molecule has 2 fully saturated rings. The van der Waals surface area contributed by atoms with Crippen LogP contribution in [0.25, 0.3) is 0 Å². The molecule has 2 aliphatic carbocycles. The second kappa shape index (κ2) is 4.73. The van der Waals surface area contributed by atoms with Gasteiger partial charge in [-0.1, -0.05) is 6.42 Å². The van der Waals surface area contributed by atoms with Crippen molar-refractivity contribution in [2.45, 2.75) is 51.2 Å². The molecule has 100 valence electrons. The first-order chi connectivity index (χ1) is 7.89. The predicted molar refractivity (Wildman–Crippen MR) is 72.1 cm³/mol. The van der Waals surface area contributed by atoms with Crippen molar-refractivity contribution >= 4 is 21.4 Å². The molecule has 4 heteroatoms. The first-order valence-electron chi connectivity index (χ1n) is 6.67. The van der Waals surface area contributed by atoms with Crippen LogP contribution in [0.4, 0.5) is 0 Å². The molecule has 2 aliphatic rings. The Balaban J connectivity index is 2.02. The molecule has 0 heterocycles. The summed E-state index contributed by atoms with van der Waals surface area (Å²) in [4.78, 5) is 0. The maximum Gasteiger partial charge on any atom is 0.152 e. The molecular formula is C13H23ClO2S. The number of sulfone groups is 1. The third-order valence-electron chi connectivity index (χ3n) is 4.97. The Labute approximate surface area is 110 Å². The molecule has 0 amide bonds. The smallest absolute Gasteiger partial charge is 0.152 e. The summed E-state index contributed by atoms with van der Waals surface area (Å²) >= 11 is 6.17. The molecule has 3 unspecified atom stereocenters. The fourth-order valence-electron chi connectivity index (χ4n) is 3.68. The van der Waals surface area contributed by atoms with Gasteiger partial charge in [-0.15, -0.1) is 11.6 Å². The Kier molecular flexibility index (Phi) is 3.80. The molecule has 0 aromatic rings. The number of hydrogen-bond acceptors (Lipinski definition) is 2. The van der Waals surface area contributed by atoms with Crippen LogP contribution >= 0.6 is 11.6 Å². The van der Waals surface area contributed by atoms with E-state index in [2.05, 4.69) is 0 Å². The minimum absolute atomic E-state index is 0.131. The Hall–Kier alpha value is 0.240. The zero-order valence-corrected chi connectivity index (χ0v) is 12.4. The van der Waals surface area contributed by atoms with Gasteiger partial charge in [0.15, 0.2) is 9.84 Å². The number of hydrogen-bond donors (Lipinski definition) is 0. The van der Waals surface area contributed by atoms with E-state index in [1.807, 2.05) is 0 Å². The molecule has 3 atom stereocenters. The van der Waals surface area contributed by atoms with Crippen LogP contribution in [-0.4, -0.2) is 25.3 Å². The van der Waals surface area contributed by atoms with E-state index >= 15 is 0 Å². The highest BCUT2D eigenvalue weighted by Crippen LogP contribution is 2.58. The Bertz CT molecular complexity index is 377. The second-order valence-corrected chi connectivity index (χ2v) is 9.19. The highest BCUT2D eigenvalue weighted by atomic mass is 35.5. The Morgan fingerprint density at radius 2 is 2.06 bits per heavy atom. The zero-order valence-electron chi connectivity index (χ0n) is 10.8. The maximum absolute atomic E-state index is 11.9. The van der Waals surface area contributed by atoms with Gasteiger partial charge < -0.3 is 0 Å². The lowest BCUT2D eigenvalue weighted by atomic mass is 9.73. The van der Waals surface area contributed by atoms with Crippen LogP contribution < -0.4 is 0 Å². The van der Waals surface area contributed by atoms with Crippen molar-refractivity contribution in [1.82, 2.24) is 0 Å². The van der Waals surface area contributed by atoms with Gasteiger partial charge in [0.25, 0.3) is 0 Å². The lowest BCUT2D eigenvalue weighted by Gasteiger charge is -2.36. The van der Waals surface area contributed by atoms with Gasteiger partial charge in [-0.2, -0.15) is 0 Å². The standard InChI is InChI=1S/C13H23ClO2S/c1-10(2)17(15,16)6-5-13(9-14)8-11-3-4-12(13)7-11/h10-12H,3-9H2,1-2H3. The van der Waals surface area contributed by atoms with Crippen molar-refractivity contribution in [2.24, 2.45) is 17.3 Å². The average molecular weight is 279 g/mol. The van der Waals surface area contributed by atoms with Crippen LogP contribution in [0.15, 0.2) is 0 Å². The minimum atomic E-state index is -2.91. The predicted octanol–water partition coefficient (Wildman–Crippen LogP) is 3.24. The molecule has 17 heavy (non-hydrogen) atoms. The van der Waals surface area contributed by atoms with E-state index in [1.54, 1.807) is 13.8 Å². The minimum Gasteiger partial charge on any atom is -0.229 e. The number of rotatable bonds is 5. The summed E-state index contributed by atoms with van der Waals surface area (Å²) in [6.07, 6.45) is 5.82. The molecule has 0 saturated heterocycles. The van der Waals surface area contributed by atoms with E-state index in [4.69, 9.17) is 11.6 Å². The van der Waals surface area contributed by atoms with Crippen LogP contribution in [0.5, 0.6) is 0 Å². The fraction of sp³-hybridized carbons (Fsp3) is 1.00. The molecule has 0 aromatic heterocycles. The summed E-state index contributed by atoms with van der Waals surface area (Å²) in [7, 11) is -2.91.